The molecule has 1 aromatic heterocycles. The van der Waals surface area contributed by atoms with Crippen LogP contribution in [-0.2, 0) is 4.79 Å². The number of likely N-dealkylation sites (tertiary alicyclic amines) is 1. The second-order valence-electron chi connectivity index (χ2n) is 6.73. The second kappa shape index (κ2) is 7.77. The van der Waals surface area contributed by atoms with E-state index in [2.05, 4.69) is 15.2 Å². The zero-order valence-electron chi connectivity index (χ0n) is 14.0. The van der Waals surface area contributed by atoms with Crippen molar-refractivity contribution in [2.75, 3.05) is 31.6 Å². The van der Waals surface area contributed by atoms with E-state index in [1.807, 2.05) is 13.0 Å². The predicted molar refractivity (Wildman–Crippen MR) is 90.7 cm³/mol. The van der Waals surface area contributed by atoms with Crippen molar-refractivity contribution in [3.8, 4) is 5.88 Å². The van der Waals surface area contributed by atoms with Crippen molar-refractivity contribution in [2.24, 2.45) is 5.92 Å². The fraction of sp³-hybridized carbons (Fsp3) is 0.667. The molecule has 3 rings (SSSR count). The Kier molecular flexibility index (Phi) is 5.49. The summed E-state index contributed by atoms with van der Waals surface area (Å²) in [6.07, 6.45) is 8.77. The number of carbonyl (C=O) groups is 1. The first-order valence-electron chi connectivity index (χ1n) is 8.85. The van der Waals surface area contributed by atoms with E-state index < -0.39 is 0 Å². The maximum atomic E-state index is 12.0. The maximum Gasteiger partial charge on any atom is 0.237 e. The summed E-state index contributed by atoms with van der Waals surface area (Å²) in [6, 6.07) is 1.94. The van der Waals surface area contributed by atoms with E-state index in [-0.39, 0.29) is 11.8 Å². The van der Waals surface area contributed by atoms with Crippen LogP contribution in [0, 0.1) is 12.8 Å². The molecule has 0 unspecified atom stereocenters. The van der Waals surface area contributed by atoms with Gasteiger partial charge in [0.05, 0.1) is 6.61 Å². The predicted octanol–water partition coefficient (Wildman–Crippen LogP) is 2.99. The summed E-state index contributed by atoms with van der Waals surface area (Å²) in [5, 5.41) is 2.97. The summed E-state index contributed by atoms with van der Waals surface area (Å²) >= 11 is 0. The molecule has 5 heteroatoms. The molecule has 1 saturated carbocycles. The third kappa shape index (κ3) is 4.93. The van der Waals surface area contributed by atoms with Crippen LogP contribution in [0.15, 0.2) is 12.3 Å². The number of aromatic nitrogens is 1. The molecule has 1 aliphatic carbocycles. The second-order valence-corrected chi connectivity index (χ2v) is 6.73. The van der Waals surface area contributed by atoms with Crippen LogP contribution in [0.1, 0.15) is 44.1 Å². The van der Waals surface area contributed by atoms with Crippen molar-refractivity contribution in [1.82, 2.24) is 9.88 Å². The van der Waals surface area contributed by atoms with Gasteiger partial charge in [0, 0.05) is 18.7 Å². The number of anilines is 1. The van der Waals surface area contributed by atoms with Gasteiger partial charge in [0.25, 0.3) is 0 Å². The molecule has 0 spiro atoms. The lowest BCUT2D eigenvalue weighted by Gasteiger charge is -2.26. The lowest BCUT2D eigenvalue weighted by molar-refractivity contribution is -0.117. The van der Waals surface area contributed by atoms with Crippen molar-refractivity contribution >= 4 is 11.6 Å². The molecule has 1 saturated heterocycles. The summed E-state index contributed by atoms with van der Waals surface area (Å²) < 4.78 is 5.83. The number of hydrogen-bond donors (Lipinski definition) is 1. The first kappa shape index (κ1) is 16.2. The number of amides is 1. The van der Waals surface area contributed by atoms with Gasteiger partial charge in [-0.3, -0.25) is 4.79 Å². The van der Waals surface area contributed by atoms with Gasteiger partial charge in [0.15, 0.2) is 0 Å². The lowest BCUT2D eigenvalue weighted by atomic mass is 10.1. The standard InChI is InChI=1S/C18H27N3O2/c1-14-12-16(20-17(22)15-6-7-15)18(19-13-14)23-11-5-10-21-8-3-2-4-9-21/h12-13,15H,2-11H2,1H3,(H,20,22). The van der Waals surface area contributed by atoms with Gasteiger partial charge in [0.1, 0.15) is 5.69 Å². The third-order valence-electron chi connectivity index (χ3n) is 4.50. The van der Waals surface area contributed by atoms with Gasteiger partial charge in [-0.05, 0) is 63.7 Å². The van der Waals surface area contributed by atoms with Crippen LogP contribution < -0.4 is 10.1 Å². The van der Waals surface area contributed by atoms with Crippen LogP contribution in [0.3, 0.4) is 0 Å². The van der Waals surface area contributed by atoms with E-state index in [1.165, 1.54) is 32.4 Å². The Hall–Kier alpha value is -1.62. The number of carbonyl (C=O) groups excluding carboxylic acids is 1. The molecule has 0 aromatic carbocycles. The monoisotopic (exact) mass is 317 g/mol. The third-order valence-corrected chi connectivity index (χ3v) is 4.50. The zero-order valence-corrected chi connectivity index (χ0v) is 14.0. The van der Waals surface area contributed by atoms with E-state index >= 15 is 0 Å². The highest BCUT2D eigenvalue weighted by atomic mass is 16.5. The molecule has 2 aliphatic rings. The number of ether oxygens (including phenoxy) is 1. The SMILES string of the molecule is Cc1cnc(OCCCN2CCCCC2)c(NC(=O)C2CC2)c1. The topological polar surface area (TPSA) is 54.5 Å². The highest BCUT2D eigenvalue weighted by molar-refractivity contribution is 5.95. The Morgan fingerprint density at radius 1 is 1.35 bits per heavy atom. The molecule has 5 nitrogen and oxygen atoms in total. The molecule has 23 heavy (non-hydrogen) atoms. The van der Waals surface area contributed by atoms with Gasteiger partial charge < -0.3 is 15.0 Å². The molecule has 1 amide bonds. The molecule has 0 radical (unpaired) electrons. The average Bonchev–Trinajstić information content (AvgIpc) is 3.39. The Balaban J connectivity index is 1.48. The Morgan fingerprint density at radius 3 is 2.87 bits per heavy atom. The van der Waals surface area contributed by atoms with Crippen LogP contribution in [0.4, 0.5) is 5.69 Å². The van der Waals surface area contributed by atoms with Crippen molar-refractivity contribution < 1.29 is 9.53 Å². The Morgan fingerprint density at radius 2 is 2.13 bits per heavy atom. The minimum atomic E-state index is 0.0931. The van der Waals surface area contributed by atoms with Gasteiger partial charge in [-0.1, -0.05) is 6.42 Å². The van der Waals surface area contributed by atoms with Crippen LogP contribution in [0.2, 0.25) is 0 Å². The fourth-order valence-electron chi connectivity index (χ4n) is 2.98. The molecule has 1 N–H and O–H groups in total. The van der Waals surface area contributed by atoms with Crippen molar-refractivity contribution in [3.63, 3.8) is 0 Å². The van der Waals surface area contributed by atoms with E-state index in [9.17, 15) is 4.79 Å². The van der Waals surface area contributed by atoms with Gasteiger partial charge in [-0.25, -0.2) is 4.98 Å². The van der Waals surface area contributed by atoms with E-state index in [1.54, 1.807) is 6.20 Å². The first-order valence-corrected chi connectivity index (χ1v) is 8.85. The van der Waals surface area contributed by atoms with Crippen LogP contribution >= 0.6 is 0 Å². The molecule has 2 fully saturated rings. The summed E-state index contributed by atoms with van der Waals surface area (Å²) in [6.45, 7) is 6.12. The first-order chi connectivity index (χ1) is 11.2. The summed E-state index contributed by atoms with van der Waals surface area (Å²) in [7, 11) is 0. The van der Waals surface area contributed by atoms with Crippen molar-refractivity contribution in [1.29, 1.82) is 0 Å². The molecule has 0 bridgehead atoms. The molecular formula is C18H27N3O2. The summed E-state index contributed by atoms with van der Waals surface area (Å²) in [5.41, 5.74) is 1.73. The van der Waals surface area contributed by atoms with Crippen molar-refractivity contribution in [2.45, 2.75) is 45.4 Å². The summed E-state index contributed by atoms with van der Waals surface area (Å²) in [5.74, 6) is 0.821. The normalized spacial score (nSPS) is 18.7. The van der Waals surface area contributed by atoms with Crippen molar-refractivity contribution in [3.05, 3.63) is 17.8 Å². The van der Waals surface area contributed by atoms with Crippen LogP contribution in [-0.4, -0.2) is 42.0 Å². The van der Waals surface area contributed by atoms with Gasteiger partial charge in [0.2, 0.25) is 11.8 Å². The minimum Gasteiger partial charge on any atom is -0.476 e. The van der Waals surface area contributed by atoms with Gasteiger partial charge in [-0.2, -0.15) is 0 Å². The van der Waals surface area contributed by atoms with Crippen LogP contribution in [0.5, 0.6) is 5.88 Å². The quantitative estimate of drug-likeness (QED) is 0.786. The Labute approximate surface area is 138 Å². The molecule has 2 heterocycles. The Bertz CT molecular complexity index is 537. The highest BCUT2D eigenvalue weighted by Crippen LogP contribution is 2.32. The number of piperidine rings is 1. The molecular weight excluding hydrogens is 290 g/mol. The number of nitrogens with one attached hydrogen (secondary N) is 1. The highest BCUT2D eigenvalue weighted by Gasteiger charge is 2.30. The van der Waals surface area contributed by atoms with E-state index in [0.717, 1.165) is 31.4 Å². The van der Waals surface area contributed by atoms with E-state index in [0.29, 0.717) is 18.2 Å². The number of rotatable bonds is 7. The molecule has 126 valence electrons. The largest absolute Gasteiger partial charge is 0.476 e. The van der Waals surface area contributed by atoms with E-state index in [4.69, 9.17) is 4.74 Å². The number of aryl methyl sites for hydroxylation is 1. The minimum absolute atomic E-state index is 0.0931. The number of nitrogens with zero attached hydrogens (tertiary/aromatic N) is 2. The lowest BCUT2D eigenvalue weighted by Crippen LogP contribution is -2.31. The van der Waals surface area contributed by atoms with Crippen LogP contribution in [0.25, 0.3) is 0 Å². The molecule has 1 aliphatic heterocycles. The molecule has 1 aromatic rings. The number of pyridine rings is 1. The fourth-order valence-corrected chi connectivity index (χ4v) is 2.98. The maximum absolute atomic E-state index is 12.0. The van der Waals surface area contributed by atoms with Gasteiger partial charge >= 0.3 is 0 Å². The van der Waals surface area contributed by atoms with Gasteiger partial charge in [-0.15, -0.1) is 0 Å². The summed E-state index contributed by atoms with van der Waals surface area (Å²) in [4.78, 5) is 18.8. The average molecular weight is 317 g/mol. The molecule has 0 atom stereocenters. The zero-order chi connectivity index (χ0) is 16.1. The number of hydrogen-bond acceptors (Lipinski definition) is 4. The smallest absolute Gasteiger partial charge is 0.237 e.